The largest absolute Gasteiger partial charge is 0.451 e. The summed E-state index contributed by atoms with van der Waals surface area (Å²) in [5.41, 5.74) is 3.62. The summed E-state index contributed by atoms with van der Waals surface area (Å²) in [5, 5.41) is 3.99. The molecule has 0 aliphatic carbocycles. The van der Waals surface area contributed by atoms with Gasteiger partial charge in [-0.05, 0) is 31.0 Å². The smallest absolute Gasteiger partial charge is 0.289 e. The molecule has 1 fully saturated rings. The minimum Gasteiger partial charge on any atom is -0.451 e. The van der Waals surface area contributed by atoms with Crippen LogP contribution in [0.25, 0.3) is 11.0 Å². The van der Waals surface area contributed by atoms with Crippen LogP contribution in [0.3, 0.4) is 0 Å². The zero-order valence-corrected chi connectivity index (χ0v) is 17.5. The Labute approximate surface area is 176 Å². The first kappa shape index (κ1) is 20.2. The highest BCUT2D eigenvalue weighted by Crippen LogP contribution is 2.26. The van der Waals surface area contributed by atoms with Gasteiger partial charge in [0.1, 0.15) is 5.58 Å². The summed E-state index contributed by atoms with van der Waals surface area (Å²) in [6.07, 6.45) is 0.873. The van der Waals surface area contributed by atoms with Crippen LogP contribution in [0.5, 0.6) is 0 Å². The Morgan fingerprint density at radius 2 is 1.70 bits per heavy atom. The number of amides is 2. The van der Waals surface area contributed by atoms with Crippen molar-refractivity contribution in [1.82, 2.24) is 9.80 Å². The number of hydrogen-bond acceptors (Lipinski definition) is 4. The van der Waals surface area contributed by atoms with Crippen LogP contribution in [0.2, 0.25) is 0 Å². The fraction of sp³-hybridized carbons (Fsp3) is 0.333. The third kappa shape index (κ3) is 4.09. The van der Waals surface area contributed by atoms with Gasteiger partial charge in [-0.25, -0.2) is 0 Å². The molecule has 0 saturated carbocycles. The molecule has 6 heteroatoms. The van der Waals surface area contributed by atoms with E-state index in [1.54, 1.807) is 0 Å². The van der Waals surface area contributed by atoms with E-state index in [-0.39, 0.29) is 11.8 Å². The monoisotopic (exact) mass is 405 g/mol. The van der Waals surface area contributed by atoms with Gasteiger partial charge in [0.25, 0.3) is 5.91 Å². The van der Waals surface area contributed by atoms with E-state index in [9.17, 15) is 9.59 Å². The number of anilines is 1. The maximum atomic E-state index is 13.0. The van der Waals surface area contributed by atoms with E-state index in [2.05, 4.69) is 17.1 Å². The van der Waals surface area contributed by atoms with Crippen LogP contribution in [-0.4, -0.2) is 54.3 Å². The maximum absolute atomic E-state index is 13.0. The second-order valence-corrected chi connectivity index (χ2v) is 7.68. The van der Waals surface area contributed by atoms with Gasteiger partial charge in [0.2, 0.25) is 5.91 Å². The molecule has 1 aliphatic rings. The van der Waals surface area contributed by atoms with Crippen molar-refractivity contribution in [3.05, 3.63) is 65.4 Å². The van der Waals surface area contributed by atoms with Gasteiger partial charge < -0.3 is 14.6 Å². The highest BCUT2D eigenvalue weighted by atomic mass is 16.3. The van der Waals surface area contributed by atoms with Crippen LogP contribution in [0, 0.1) is 6.92 Å². The molecule has 1 aromatic heterocycles. The van der Waals surface area contributed by atoms with Crippen LogP contribution in [0.4, 0.5) is 5.69 Å². The van der Waals surface area contributed by atoms with Crippen LogP contribution < -0.4 is 5.32 Å². The van der Waals surface area contributed by atoms with Crippen molar-refractivity contribution < 1.29 is 14.0 Å². The van der Waals surface area contributed by atoms with Gasteiger partial charge in [-0.3, -0.25) is 14.5 Å². The number of hydrogen-bond donors (Lipinski definition) is 1. The SMILES string of the molecule is CCc1ccccc1NC(=O)CN1CCN(C(=O)c2oc3ccccc3c2C)CC1. The highest BCUT2D eigenvalue weighted by Gasteiger charge is 2.27. The van der Waals surface area contributed by atoms with Crippen molar-refractivity contribution in [1.29, 1.82) is 0 Å². The van der Waals surface area contributed by atoms with Crippen LogP contribution in [0.15, 0.2) is 52.9 Å². The first-order valence-corrected chi connectivity index (χ1v) is 10.4. The van der Waals surface area contributed by atoms with E-state index in [1.807, 2.05) is 60.4 Å². The molecule has 2 amide bonds. The lowest BCUT2D eigenvalue weighted by Gasteiger charge is -2.34. The van der Waals surface area contributed by atoms with Crippen LogP contribution in [0.1, 0.15) is 28.6 Å². The minimum absolute atomic E-state index is 0.0243. The summed E-state index contributed by atoms with van der Waals surface area (Å²) in [7, 11) is 0. The Bertz CT molecular complexity index is 1060. The zero-order valence-electron chi connectivity index (χ0n) is 17.5. The number of nitrogens with zero attached hydrogens (tertiary/aromatic N) is 2. The molecule has 0 radical (unpaired) electrons. The molecule has 0 bridgehead atoms. The molecule has 156 valence electrons. The number of furan rings is 1. The Kier molecular flexibility index (Phi) is 5.86. The summed E-state index contributed by atoms with van der Waals surface area (Å²) >= 11 is 0. The van der Waals surface area contributed by atoms with Crippen LogP contribution in [-0.2, 0) is 11.2 Å². The van der Waals surface area contributed by atoms with Crippen molar-refractivity contribution in [3.63, 3.8) is 0 Å². The third-order valence-electron chi connectivity index (χ3n) is 5.74. The lowest BCUT2D eigenvalue weighted by atomic mass is 10.1. The molecule has 4 rings (SSSR count). The van der Waals surface area contributed by atoms with Gasteiger partial charge in [0, 0.05) is 42.8 Å². The Hall–Kier alpha value is -3.12. The Morgan fingerprint density at radius 3 is 2.43 bits per heavy atom. The second kappa shape index (κ2) is 8.71. The average Bonchev–Trinajstić information content (AvgIpc) is 3.11. The molecule has 3 aromatic rings. The number of carbonyl (C=O) groups excluding carboxylic acids is 2. The molecule has 0 atom stereocenters. The van der Waals surface area contributed by atoms with E-state index in [0.29, 0.717) is 38.5 Å². The number of benzene rings is 2. The van der Waals surface area contributed by atoms with E-state index in [1.165, 1.54) is 0 Å². The fourth-order valence-corrected chi connectivity index (χ4v) is 3.97. The molecule has 0 unspecified atom stereocenters. The first-order valence-electron chi connectivity index (χ1n) is 10.4. The van der Waals surface area contributed by atoms with Crippen molar-refractivity contribution in [3.8, 4) is 0 Å². The van der Waals surface area contributed by atoms with Gasteiger partial charge in [0.05, 0.1) is 6.54 Å². The molecular formula is C24H27N3O3. The molecule has 1 aliphatic heterocycles. The third-order valence-corrected chi connectivity index (χ3v) is 5.74. The summed E-state index contributed by atoms with van der Waals surface area (Å²) < 4.78 is 5.82. The summed E-state index contributed by atoms with van der Waals surface area (Å²) in [4.78, 5) is 29.3. The quantitative estimate of drug-likeness (QED) is 0.703. The number of para-hydroxylation sites is 2. The van der Waals surface area contributed by atoms with Gasteiger partial charge in [-0.15, -0.1) is 0 Å². The summed E-state index contributed by atoms with van der Waals surface area (Å²) in [6.45, 7) is 6.80. The van der Waals surface area contributed by atoms with Crippen LogP contribution >= 0.6 is 0 Å². The summed E-state index contributed by atoms with van der Waals surface area (Å²) in [6, 6.07) is 15.6. The number of carbonyl (C=O) groups is 2. The van der Waals surface area contributed by atoms with Gasteiger partial charge >= 0.3 is 0 Å². The van der Waals surface area contributed by atoms with E-state index >= 15 is 0 Å². The number of aryl methyl sites for hydroxylation is 2. The predicted octanol–water partition coefficient (Wildman–Crippen LogP) is 3.70. The molecule has 2 heterocycles. The Balaban J connectivity index is 1.34. The molecule has 1 saturated heterocycles. The molecule has 2 aromatic carbocycles. The normalized spacial score (nSPS) is 14.8. The number of nitrogens with one attached hydrogen (secondary N) is 1. The predicted molar refractivity (Wildman–Crippen MR) is 118 cm³/mol. The summed E-state index contributed by atoms with van der Waals surface area (Å²) in [5.74, 6) is 0.312. The standard InChI is InChI=1S/C24H27N3O3/c1-3-18-8-4-6-10-20(18)25-22(28)16-26-12-14-27(15-13-26)24(29)23-17(2)19-9-5-7-11-21(19)30-23/h4-11H,3,12-16H2,1-2H3,(H,25,28). The molecule has 1 N–H and O–H groups in total. The number of fused-ring (bicyclic) bond motifs is 1. The molecule has 0 spiro atoms. The Morgan fingerprint density at radius 1 is 1.00 bits per heavy atom. The first-order chi connectivity index (χ1) is 14.6. The average molecular weight is 405 g/mol. The topological polar surface area (TPSA) is 65.8 Å². The zero-order chi connectivity index (χ0) is 21.1. The minimum atomic E-state index is -0.0790. The van der Waals surface area contributed by atoms with Gasteiger partial charge in [-0.1, -0.05) is 43.3 Å². The van der Waals surface area contributed by atoms with Crippen molar-refractivity contribution in [2.75, 3.05) is 38.0 Å². The number of rotatable bonds is 5. The van der Waals surface area contributed by atoms with Gasteiger partial charge in [0.15, 0.2) is 5.76 Å². The maximum Gasteiger partial charge on any atom is 0.289 e. The van der Waals surface area contributed by atoms with Gasteiger partial charge in [-0.2, -0.15) is 0 Å². The highest BCUT2D eigenvalue weighted by molar-refractivity contribution is 5.99. The lowest BCUT2D eigenvalue weighted by molar-refractivity contribution is -0.117. The van der Waals surface area contributed by atoms with E-state index < -0.39 is 0 Å². The van der Waals surface area contributed by atoms with Crippen molar-refractivity contribution in [2.24, 2.45) is 0 Å². The lowest BCUT2D eigenvalue weighted by Crippen LogP contribution is -2.50. The van der Waals surface area contributed by atoms with Crippen molar-refractivity contribution >= 4 is 28.5 Å². The number of piperazine rings is 1. The molecule has 30 heavy (non-hydrogen) atoms. The fourth-order valence-electron chi connectivity index (χ4n) is 3.97. The second-order valence-electron chi connectivity index (χ2n) is 7.68. The van der Waals surface area contributed by atoms with E-state index in [4.69, 9.17) is 4.42 Å². The molecular weight excluding hydrogens is 378 g/mol. The van der Waals surface area contributed by atoms with Crippen molar-refractivity contribution in [2.45, 2.75) is 20.3 Å². The molecule has 6 nitrogen and oxygen atoms in total. The van der Waals surface area contributed by atoms with E-state index in [0.717, 1.165) is 34.2 Å².